The second-order valence-corrected chi connectivity index (χ2v) is 7.57. The van der Waals surface area contributed by atoms with Gasteiger partial charge in [0.05, 0.1) is 7.11 Å². The number of ether oxygens (including phenoxy) is 3. The number of rotatable bonds is 13. The van der Waals surface area contributed by atoms with Crippen molar-refractivity contribution >= 4 is 5.91 Å². The van der Waals surface area contributed by atoms with Gasteiger partial charge in [-0.15, -0.1) is 0 Å². The molecule has 0 unspecified atom stereocenters. The van der Waals surface area contributed by atoms with Crippen molar-refractivity contribution in [2.24, 2.45) is 0 Å². The van der Waals surface area contributed by atoms with Crippen LogP contribution in [-0.2, 0) is 16.1 Å². The average Bonchev–Trinajstić information content (AvgIpc) is 2.61. The van der Waals surface area contributed by atoms with Crippen molar-refractivity contribution < 1.29 is 19.0 Å². The van der Waals surface area contributed by atoms with E-state index < -0.39 is 0 Å². The van der Waals surface area contributed by atoms with E-state index in [2.05, 4.69) is 17.6 Å². The summed E-state index contributed by atoms with van der Waals surface area (Å²) >= 11 is 0. The molecule has 1 aromatic rings. The van der Waals surface area contributed by atoms with Crippen molar-refractivity contribution in [3.05, 3.63) is 23.8 Å². The second-order valence-electron chi connectivity index (χ2n) is 7.57. The van der Waals surface area contributed by atoms with Gasteiger partial charge in [0, 0.05) is 25.3 Å². The number of benzene rings is 1. The van der Waals surface area contributed by atoms with E-state index in [9.17, 15) is 4.79 Å². The number of methoxy groups -OCH3 is 1. The molecule has 1 rings (SSSR count). The minimum absolute atomic E-state index is 0.0384. The first-order chi connectivity index (χ1) is 12.9. The van der Waals surface area contributed by atoms with E-state index in [0.717, 1.165) is 44.7 Å². The maximum absolute atomic E-state index is 11.9. The third kappa shape index (κ3) is 10.8. The summed E-state index contributed by atoms with van der Waals surface area (Å²) in [6, 6.07) is 5.75. The molecule has 0 spiro atoms. The van der Waals surface area contributed by atoms with Crippen molar-refractivity contribution in [3.63, 3.8) is 0 Å². The lowest BCUT2D eigenvalue weighted by Gasteiger charge is -2.20. The number of amides is 1. The number of nitrogens with one attached hydrogen (secondary N) is 2. The van der Waals surface area contributed by atoms with Crippen LogP contribution in [0.15, 0.2) is 18.2 Å². The zero-order valence-electron chi connectivity index (χ0n) is 17.5. The summed E-state index contributed by atoms with van der Waals surface area (Å²) in [7, 11) is 1.60. The number of hydrogen-bond donors (Lipinski definition) is 2. The van der Waals surface area contributed by atoms with E-state index in [0.29, 0.717) is 11.5 Å². The monoisotopic (exact) mass is 380 g/mol. The summed E-state index contributed by atoms with van der Waals surface area (Å²) in [6.07, 6.45) is 3.28. The van der Waals surface area contributed by atoms with E-state index in [1.165, 1.54) is 6.42 Å². The van der Waals surface area contributed by atoms with Gasteiger partial charge in [0.2, 0.25) is 0 Å². The maximum Gasteiger partial charge on any atom is 0.258 e. The lowest BCUT2D eigenvalue weighted by atomic mass is 10.1. The van der Waals surface area contributed by atoms with Crippen LogP contribution < -0.4 is 20.1 Å². The van der Waals surface area contributed by atoms with Crippen LogP contribution in [0.3, 0.4) is 0 Å². The smallest absolute Gasteiger partial charge is 0.258 e. The molecule has 1 aromatic carbocycles. The molecule has 2 N–H and O–H groups in total. The van der Waals surface area contributed by atoms with Gasteiger partial charge >= 0.3 is 0 Å². The van der Waals surface area contributed by atoms with Gasteiger partial charge in [-0.2, -0.15) is 0 Å². The second kappa shape index (κ2) is 12.6. The number of carbonyl (C=O) groups is 1. The molecule has 0 aromatic heterocycles. The Labute approximate surface area is 164 Å². The largest absolute Gasteiger partial charge is 0.493 e. The van der Waals surface area contributed by atoms with Crippen molar-refractivity contribution in [2.75, 3.05) is 33.5 Å². The fourth-order valence-corrected chi connectivity index (χ4v) is 2.42. The van der Waals surface area contributed by atoms with Crippen LogP contribution >= 0.6 is 0 Å². The molecule has 27 heavy (non-hydrogen) atoms. The first kappa shape index (κ1) is 23.2. The standard InChI is InChI=1S/C21H36N2O4/c1-6-7-12-26-13-8-11-22-15-17-9-10-18(19(14-17)25-5)27-16-20(24)23-21(2,3)4/h9-10,14,22H,6-8,11-13,15-16H2,1-5H3,(H,23,24). The van der Waals surface area contributed by atoms with E-state index in [-0.39, 0.29) is 18.1 Å². The molecule has 0 radical (unpaired) electrons. The highest BCUT2D eigenvalue weighted by Gasteiger charge is 2.15. The highest BCUT2D eigenvalue weighted by atomic mass is 16.5. The minimum atomic E-state index is -0.277. The Kier molecular flexibility index (Phi) is 10.8. The molecular formula is C21H36N2O4. The highest BCUT2D eigenvalue weighted by molar-refractivity contribution is 5.78. The van der Waals surface area contributed by atoms with Crippen LogP contribution in [0.1, 0.15) is 52.5 Å². The molecule has 0 aliphatic heterocycles. The van der Waals surface area contributed by atoms with E-state index >= 15 is 0 Å². The van der Waals surface area contributed by atoms with Crippen LogP contribution in [0, 0.1) is 0 Å². The Morgan fingerprint density at radius 2 is 1.85 bits per heavy atom. The van der Waals surface area contributed by atoms with Gasteiger partial charge in [-0.1, -0.05) is 19.4 Å². The van der Waals surface area contributed by atoms with Crippen LogP contribution in [0.25, 0.3) is 0 Å². The van der Waals surface area contributed by atoms with Crippen molar-refractivity contribution in [2.45, 2.75) is 59.0 Å². The molecule has 0 bridgehead atoms. The van der Waals surface area contributed by atoms with Gasteiger partial charge < -0.3 is 24.8 Å². The van der Waals surface area contributed by atoms with E-state index in [1.54, 1.807) is 7.11 Å². The molecule has 1 amide bonds. The Hall–Kier alpha value is -1.79. The molecule has 0 atom stereocenters. The summed E-state index contributed by atoms with van der Waals surface area (Å²) in [5, 5.41) is 6.27. The number of carbonyl (C=O) groups excluding carboxylic acids is 1. The molecular weight excluding hydrogens is 344 g/mol. The topological polar surface area (TPSA) is 68.8 Å². The van der Waals surface area contributed by atoms with Gasteiger partial charge in [0.15, 0.2) is 18.1 Å². The summed E-state index contributed by atoms with van der Waals surface area (Å²) in [4.78, 5) is 11.9. The molecule has 0 fully saturated rings. The number of hydrogen-bond acceptors (Lipinski definition) is 5. The Bertz CT molecular complexity index is 556. The highest BCUT2D eigenvalue weighted by Crippen LogP contribution is 2.28. The Balaban J connectivity index is 2.37. The summed E-state index contributed by atoms with van der Waals surface area (Å²) in [5.74, 6) is 1.03. The predicted octanol–water partition coefficient (Wildman–Crippen LogP) is 3.29. The van der Waals surface area contributed by atoms with Crippen LogP contribution in [0.4, 0.5) is 0 Å². The molecule has 6 heteroatoms. The zero-order valence-corrected chi connectivity index (χ0v) is 17.5. The van der Waals surface area contributed by atoms with Crippen LogP contribution in [0.2, 0.25) is 0 Å². The third-order valence-electron chi connectivity index (χ3n) is 3.71. The summed E-state index contributed by atoms with van der Waals surface area (Å²) in [6.45, 7) is 11.2. The molecule has 0 heterocycles. The molecule has 6 nitrogen and oxygen atoms in total. The van der Waals surface area contributed by atoms with E-state index in [1.807, 2.05) is 39.0 Å². The summed E-state index contributed by atoms with van der Waals surface area (Å²) < 4.78 is 16.5. The molecule has 0 aliphatic rings. The molecule has 154 valence electrons. The molecule has 0 saturated carbocycles. The van der Waals surface area contributed by atoms with Crippen molar-refractivity contribution in [1.29, 1.82) is 0 Å². The summed E-state index contributed by atoms with van der Waals surface area (Å²) in [5.41, 5.74) is 0.825. The lowest BCUT2D eigenvalue weighted by Crippen LogP contribution is -2.43. The minimum Gasteiger partial charge on any atom is -0.493 e. The first-order valence-electron chi connectivity index (χ1n) is 9.75. The van der Waals surface area contributed by atoms with Gasteiger partial charge in [-0.25, -0.2) is 0 Å². The quantitative estimate of drug-likeness (QED) is 0.514. The van der Waals surface area contributed by atoms with E-state index in [4.69, 9.17) is 14.2 Å². The first-order valence-corrected chi connectivity index (χ1v) is 9.75. The van der Waals surface area contributed by atoms with Gasteiger partial charge in [-0.05, 0) is 57.9 Å². The Morgan fingerprint density at radius 1 is 1.11 bits per heavy atom. The SMILES string of the molecule is CCCCOCCCNCc1ccc(OCC(=O)NC(C)(C)C)c(OC)c1. The third-order valence-corrected chi connectivity index (χ3v) is 3.71. The maximum atomic E-state index is 11.9. The lowest BCUT2D eigenvalue weighted by molar-refractivity contribution is -0.124. The Morgan fingerprint density at radius 3 is 2.52 bits per heavy atom. The van der Waals surface area contributed by atoms with Crippen LogP contribution in [-0.4, -0.2) is 44.9 Å². The normalized spacial score (nSPS) is 11.3. The van der Waals surface area contributed by atoms with Gasteiger partial charge in [0.25, 0.3) is 5.91 Å². The zero-order chi connectivity index (χ0) is 20.1. The average molecular weight is 381 g/mol. The fourth-order valence-electron chi connectivity index (χ4n) is 2.42. The van der Waals surface area contributed by atoms with Gasteiger partial charge in [0.1, 0.15) is 0 Å². The van der Waals surface area contributed by atoms with Gasteiger partial charge in [-0.3, -0.25) is 4.79 Å². The molecule has 0 aliphatic carbocycles. The van der Waals surface area contributed by atoms with Crippen molar-refractivity contribution in [3.8, 4) is 11.5 Å². The predicted molar refractivity (Wildman–Crippen MR) is 108 cm³/mol. The fraction of sp³-hybridized carbons (Fsp3) is 0.667. The molecule has 0 saturated heterocycles. The van der Waals surface area contributed by atoms with Crippen LogP contribution in [0.5, 0.6) is 11.5 Å². The van der Waals surface area contributed by atoms with Crippen molar-refractivity contribution in [1.82, 2.24) is 10.6 Å². The number of unbranched alkanes of at least 4 members (excludes halogenated alkanes) is 1.